The van der Waals surface area contributed by atoms with Gasteiger partial charge in [0, 0.05) is 30.1 Å². The molecule has 3 N–H and O–H groups in total. The summed E-state index contributed by atoms with van der Waals surface area (Å²) < 4.78 is 0. The number of nitrogens with one attached hydrogen (secondary N) is 3. The van der Waals surface area contributed by atoms with Crippen molar-refractivity contribution in [2.75, 3.05) is 11.9 Å². The zero-order valence-corrected chi connectivity index (χ0v) is 14.8. The zero-order chi connectivity index (χ0) is 17.5. The van der Waals surface area contributed by atoms with Crippen molar-refractivity contribution in [3.8, 4) is 0 Å². The standard InChI is InChI=1S/C19H20N4OS/c1-14(24)21-17-9-7-16(8-10-17)18-13-25-19(23-22-18)20-12-11-15-5-3-2-4-6-15/h2-10,13,22H,11-12H2,1H3,(H,20,23)(H,21,24). The fraction of sp³-hybridized carbons (Fsp3) is 0.158. The van der Waals surface area contributed by atoms with Crippen LogP contribution >= 0.6 is 11.8 Å². The molecule has 0 spiro atoms. The Morgan fingerprint density at radius 3 is 2.48 bits per heavy atom. The molecule has 0 saturated carbocycles. The van der Waals surface area contributed by atoms with Crippen LogP contribution in [0.5, 0.6) is 0 Å². The molecule has 2 aromatic rings. The van der Waals surface area contributed by atoms with E-state index in [-0.39, 0.29) is 5.91 Å². The minimum atomic E-state index is -0.0728. The molecule has 0 radical (unpaired) electrons. The van der Waals surface area contributed by atoms with Gasteiger partial charge >= 0.3 is 0 Å². The van der Waals surface area contributed by atoms with Gasteiger partial charge in [0.25, 0.3) is 0 Å². The van der Waals surface area contributed by atoms with Gasteiger partial charge in [0.2, 0.25) is 5.91 Å². The monoisotopic (exact) mass is 352 g/mol. The molecule has 25 heavy (non-hydrogen) atoms. The van der Waals surface area contributed by atoms with E-state index in [1.807, 2.05) is 47.9 Å². The second kappa shape index (κ2) is 8.39. The number of hydrazine groups is 1. The maximum atomic E-state index is 11.1. The molecule has 0 unspecified atom stereocenters. The molecular formula is C19H20N4OS. The van der Waals surface area contributed by atoms with Crippen molar-refractivity contribution in [2.45, 2.75) is 13.3 Å². The van der Waals surface area contributed by atoms with Crippen molar-refractivity contribution in [3.63, 3.8) is 0 Å². The van der Waals surface area contributed by atoms with Crippen LogP contribution in [0.15, 0.2) is 65.0 Å². The number of nitrogens with zero attached hydrogens (tertiary/aromatic N) is 1. The van der Waals surface area contributed by atoms with Crippen LogP contribution in [0.25, 0.3) is 5.70 Å². The molecule has 1 aliphatic rings. The summed E-state index contributed by atoms with van der Waals surface area (Å²) >= 11 is 1.56. The van der Waals surface area contributed by atoms with E-state index in [1.165, 1.54) is 12.5 Å². The fourth-order valence-corrected chi connectivity index (χ4v) is 3.08. The summed E-state index contributed by atoms with van der Waals surface area (Å²) in [6.07, 6.45) is 0.924. The number of hydrogen-bond donors (Lipinski definition) is 3. The van der Waals surface area contributed by atoms with Gasteiger partial charge in [-0.25, -0.2) is 0 Å². The smallest absolute Gasteiger partial charge is 0.221 e. The molecule has 2 aromatic carbocycles. The van der Waals surface area contributed by atoms with Gasteiger partial charge < -0.3 is 5.32 Å². The summed E-state index contributed by atoms with van der Waals surface area (Å²) in [5, 5.41) is 5.65. The van der Waals surface area contributed by atoms with Crippen LogP contribution in [0, 0.1) is 0 Å². The van der Waals surface area contributed by atoms with Crippen molar-refractivity contribution in [1.29, 1.82) is 0 Å². The van der Waals surface area contributed by atoms with Gasteiger partial charge in [-0.15, -0.1) is 0 Å². The molecule has 5 nitrogen and oxygen atoms in total. The number of thioether (sulfide) groups is 1. The van der Waals surface area contributed by atoms with E-state index in [4.69, 9.17) is 0 Å². The predicted octanol–water partition coefficient (Wildman–Crippen LogP) is 3.38. The molecule has 3 rings (SSSR count). The second-order valence-corrected chi connectivity index (χ2v) is 6.44. The van der Waals surface area contributed by atoms with E-state index >= 15 is 0 Å². The lowest BCUT2D eigenvalue weighted by molar-refractivity contribution is -0.114. The van der Waals surface area contributed by atoms with E-state index in [2.05, 4.69) is 33.3 Å². The molecule has 0 aromatic heterocycles. The minimum Gasteiger partial charge on any atom is -0.326 e. The topological polar surface area (TPSA) is 65.5 Å². The Balaban J connectivity index is 1.55. The Morgan fingerprint density at radius 1 is 1.08 bits per heavy atom. The van der Waals surface area contributed by atoms with Crippen LogP contribution in [0.2, 0.25) is 0 Å². The summed E-state index contributed by atoms with van der Waals surface area (Å²) in [6.45, 7) is 2.24. The molecule has 6 heteroatoms. The highest BCUT2D eigenvalue weighted by Gasteiger charge is 2.10. The molecule has 1 aliphatic heterocycles. The van der Waals surface area contributed by atoms with Gasteiger partial charge in [-0.05, 0) is 24.1 Å². The molecule has 128 valence electrons. The lowest BCUT2D eigenvalue weighted by Crippen LogP contribution is -2.37. The van der Waals surface area contributed by atoms with Gasteiger partial charge in [-0.1, -0.05) is 54.2 Å². The van der Waals surface area contributed by atoms with Gasteiger partial charge in [0.15, 0.2) is 5.17 Å². The predicted molar refractivity (Wildman–Crippen MR) is 105 cm³/mol. The van der Waals surface area contributed by atoms with Crippen molar-refractivity contribution in [2.24, 2.45) is 4.99 Å². The number of carbonyl (C=O) groups is 1. The first-order valence-electron chi connectivity index (χ1n) is 8.06. The zero-order valence-electron chi connectivity index (χ0n) is 14.0. The van der Waals surface area contributed by atoms with E-state index < -0.39 is 0 Å². The van der Waals surface area contributed by atoms with E-state index in [0.717, 1.165) is 35.1 Å². The number of benzene rings is 2. The number of anilines is 1. The maximum absolute atomic E-state index is 11.1. The molecular weight excluding hydrogens is 332 g/mol. The van der Waals surface area contributed by atoms with Crippen molar-refractivity contribution in [1.82, 2.24) is 10.9 Å². The highest BCUT2D eigenvalue weighted by atomic mass is 32.2. The highest BCUT2D eigenvalue weighted by Crippen LogP contribution is 2.21. The molecule has 0 aliphatic carbocycles. The summed E-state index contributed by atoms with van der Waals surface area (Å²) in [5.41, 5.74) is 10.4. The van der Waals surface area contributed by atoms with Crippen LogP contribution in [0.1, 0.15) is 18.1 Å². The first kappa shape index (κ1) is 17.1. The summed E-state index contributed by atoms with van der Waals surface area (Å²) in [7, 11) is 0. The van der Waals surface area contributed by atoms with E-state index in [9.17, 15) is 4.79 Å². The van der Waals surface area contributed by atoms with Crippen LogP contribution in [0.3, 0.4) is 0 Å². The quantitative estimate of drug-likeness (QED) is 0.772. The van der Waals surface area contributed by atoms with Crippen LogP contribution in [-0.4, -0.2) is 17.6 Å². The first-order valence-corrected chi connectivity index (χ1v) is 8.94. The largest absolute Gasteiger partial charge is 0.326 e. The van der Waals surface area contributed by atoms with Gasteiger partial charge in [0.1, 0.15) is 0 Å². The summed E-state index contributed by atoms with van der Waals surface area (Å²) in [5.74, 6) is -0.0728. The third-order valence-corrected chi connectivity index (χ3v) is 4.42. The first-order chi connectivity index (χ1) is 12.2. The number of amidine groups is 1. The number of carbonyl (C=O) groups excluding carboxylic acids is 1. The molecule has 0 bridgehead atoms. The number of amides is 1. The second-order valence-electron chi connectivity index (χ2n) is 5.58. The van der Waals surface area contributed by atoms with Crippen molar-refractivity contribution in [3.05, 3.63) is 71.1 Å². The van der Waals surface area contributed by atoms with E-state index in [0.29, 0.717) is 0 Å². The Labute approximate surface area is 151 Å². The highest BCUT2D eigenvalue weighted by molar-refractivity contribution is 8.16. The number of aliphatic imine (C=N–C) groups is 1. The fourth-order valence-electron chi connectivity index (χ4n) is 2.38. The third kappa shape index (κ3) is 5.12. The van der Waals surface area contributed by atoms with Crippen molar-refractivity contribution < 1.29 is 4.79 Å². The lowest BCUT2D eigenvalue weighted by Gasteiger charge is -2.19. The van der Waals surface area contributed by atoms with Crippen LogP contribution < -0.4 is 16.2 Å². The third-order valence-electron chi connectivity index (χ3n) is 3.61. The molecule has 1 heterocycles. The summed E-state index contributed by atoms with van der Waals surface area (Å²) in [6, 6.07) is 18.0. The van der Waals surface area contributed by atoms with Gasteiger partial charge in [-0.2, -0.15) is 0 Å². The average Bonchev–Trinajstić information content (AvgIpc) is 2.63. The molecule has 1 amide bonds. The van der Waals surface area contributed by atoms with Crippen molar-refractivity contribution >= 4 is 34.2 Å². The Hall–Kier alpha value is -2.73. The summed E-state index contributed by atoms with van der Waals surface area (Å²) in [4.78, 5) is 15.6. The maximum Gasteiger partial charge on any atom is 0.221 e. The number of hydrogen-bond acceptors (Lipinski definition) is 4. The SMILES string of the molecule is CC(=O)Nc1ccc(C2=CSC(=NCCc3ccccc3)NN2)cc1. The Kier molecular flexibility index (Phi) is 5.74. The van der Waals surface area contributed by atoms with Crippen LogP contribution in [0.4, 0.5) is 5.69 Å². The molecule has 0 saturated heterocycles. The normalized spacial score (nSPS) is 15.1. The number of rotatable bonds is 5. The molecule has 0 fully saturated rings. The van der Waals surface area contributed by atoms with Gasteiger partial charge in [0.05, 0.1) is 5.70 Å². The van der Waals surface area contributed by atoms with Crippen LogP contribution in [-0.2, 0) is 11.2 Å². The lowest BCUT2D eigenvalue weighted by atomic mass is 10.1. The molecule has 0 atom stereocenters. The Bertz CT molecular complexity index is 785. The van der Waals surface area contributed by atoms with Gasteiger partial charge in [-0.3, -0.25) is 20.6 Å². The minimum absolute atomic E-state index is 0.0728. The Morgan fingerprint density at radius 2 is 1.84 bits per heavy atom. The average molecular weight is 352 g/mol. The van der Waals surface area contributed by atoms with E-state index in [1.54, 1.807) is 11.8 Å².